The molecule has 1 atom stereocenters. The molecular weight excluding hydrogens is 434 g/mol. The number of pyridine rings is 1. The number of thiocarbonyl (C=S) groups is 1. The molecule has 152 valence electrons. The Morgan fingerprint density at radius 3 is 2.63 bits per heavy atom. The summed E-state index contributed by atoms with van der Waals surface area (Å²) in [6, 6.07) is 15.2. The van der Waals surface area contributed by atoms with Crippen LogP contribution in [0, 0.1) is 0 Å². The second-order valence-electron chi connectivity index (χ2n) is 6.79. The van der Waals surface area contributed by atoms with Crippen molar-refractivity contribution in [3.05, 3.63) is 75.6 Å². The predicted octanol–water partition coefficient (Wildman–Crippen LogP) is 4.85. The Morgan fingerprint density at radius 2 is 1.90 bits per heavy atom. The smallest absolute Gasteiger partial charge is 0.266 e. The second kappa shape index (κ2) is 8.75. The van der Waals surface area contributed by atoms with Gasteiger partial charge in [0, 0.05) is 17.1 Å². The van der Waals surface area contributed by atoms with E-state index < -0.39 is 0 Å². The maximum absolute atomic E-state index is 13.3. The van der Waals surface area contributed by atoms with Gasteiger partial charge in [-0.2, -0.15) is 0 Å². The van der Waals surface area contributed by atoms with Crippen molar-refractivity contribution in [1.29, 1.82) is 0 Å². The zero-order chi connectivity index (χ0) is 21.3. The first-order valence-electron chi connectivity index (χ1n) is 9.51. The average Bonchev–Trinajstić information content (AvgIpc) is 3.04. The topological polar surface area (TPSA) is 54.7 Å². The number of carbonyl (C=O) groups is 1. The molecule has 1 fully saturated rings. The Labute approximate surface area is 188 Å². The van der Waals surface area contributed by atoms with Crippen molar-refractivity contribution in [2.75, 3.05) is 0 Å². The van der Waals surface area contributed by atoms with Gasteiger partial charge in [0.15, 0.2) is 0 Å². The Morgan fingerprint density at radius 1 is 1.17 bits per heavy atom. The number of amides is 1. The lowest BCUT2D eigenvalue weighted by Crippen LogP contribution is -2.36. The van der Waals surface area contributed by atoms with Gasteiger partial charge in [0.05, 0.1) is 10.5 Å². The van der Waals surface area contributed by atoms with E-state index in [0.717, 1.165) is 11.3 Å². The predicted molar refractivity (Wildman–Crippen MR) is 127 cm³/mol. The molecule has 0 bridgehead atoms. The molecule has 30 heavy (non-hydrogen) atoms. The highest BCUT2D eigenvalue weighted by molar-refractivity contribution is 8.26. The number of thioether (sulfide) groups is 1. The maximum Gasteiger partial charge on any atom is 0.266 e. The van der Waals surface area contributed by atoms with E-state index in [0.29, 0.717) is 25.5 Å². The van der Waals surface area contributed by atoms with Gasteiger partial charge in [0.25, 0.3) is 11.5 Å². The standard InChI is InChI=1S/C22H19N3O2S3/c1-3-14(2)25-21(27)17(30-22(25)28)13-16-19(29-15-9-5-4-6-10-15)23-18-11-7-8-12-24(18)20(16)26/h4-14H,3H2,1-2H3. The fourth-order valence-electron chi connectivity index (χ4n) is 3.06. The minimum absolute atomic E-state index is 0.0115. The summed E-state index contributed by atoms with van der Waals surface area (Å²) < 4.78 is 2.02. The third-order valence-corrected chi connectivity index (χ3v) is 7.17. The number of aromatic nitrogens is 2. The molecule has 0 spiro atoms. The number of rotatable bonds is 5. The van der Waals surface area contributed by atoms with Gasteiger partial charge >= 0.3 is 0 Å². The van der Waals surface area contributed by atoms with Gasteiger partial charge in [-0.1, -0.05) is 66.9 Å². The molecule has 8 heteroatoms. The van der Waals surface area contributed by atoms with Crippen LogP contribution in [0.25, 0.3) is 11.7 Å². The van der Waals surface area contributed by atoms with Crippen LogP contribution in [0.3, 0.4) is 0 Å². The average molecular weight is 454 g/mol. The molecule has 1 amide bonds. The molecular formula is C22H19N3O2S3. The van der Waals surface area contributed by atoms with Crippen LogP contribution in [0.1, 0.15) is 25.8 Å². The number of benzene rings is 1. The minimum Gasteiger partial charge on any atom is -0.290 e. The van der Waals surface area contributed by atoms with Crippen molar-refractivity contribution < 1.29 is 4.79 Å². The summed E-state index contributed by atoms with van der Waals surface area (Å²) in [5.74, 6) is -0.160. The zero-order valence-electron chi connectivity index (χ0n) is 16.4. The minimum atomic E-state index is -0.215. The first-order valence-corrected chi connectivity index (χ1v) is 11.5. The van der Waals surface area contributed by atoms with Crippen molar-refractivity contribution in [1.82, 2.24) is 14.3 Å². The normalized spacial score (nSPS) is 16.6. The number of hydrogen-bond donors (Lipinski definition) is 0. The Hall–Kier alpha value is -2.42. The van der Waals surface area contributed by atoms with Crippen molar-refractivity contribution in [2.24, 2.45) is 0 Å². The first-order chi connectivity index (χ1) is 14.5. The van der Waals surface area contributed by atoms with Gasteiger partial charge in [-0.3, -0.25) is 18.9 Å². The van der Waals surface area contributed by atoms with E-state index in [9.17, 15) is 9.59 Å². The number of nitrogens with zero attached hydrogens (tertiary/aromatic N) is 3. The second-order valence-corrected chi connectivity index (χ2v) is 9.53. The fourth-order valence-corrected chi connectivity index (χ4v) is 5.41. The van der Waals surface area contributed by atoms with Crippen molar-refractivity contribution in [2.45, 2.75) is 36.2 Å². The molecule has 0 radical (unpaired) electrons. The lowest BCUT2D eigenvalue weighted by Gasteiger charge is -2.21. The molecule has 1 aliphatic heterocycles. The van der Waals surface area contributed by atoms with E-state index in [4.69, 9.17) is 17.2 Å². The largest absolute Gasteiger partial charge is 0.290 e. The van der Waals surface area contributed by atoms with Crippen molar-refractivity contribution in [3.8, 4) is 0 Å². The molecule has 2 aromatic heterocycles. The molecule has 0 aliphatic carbocycles. The number of fused-ring (bicyclic) bond motifs is 1. The van der Waals surface area contributed by atoms with Crippen LogP contribution in [0.5, 0.6) is 0 Å². The monoisotopic (exact) mass is 453 g/mol. The quantitative estimate of drug-likeness (QED) is 0.313. The first kappa shape index (κ1) is 20.8. The van der Waals surface area contributed by atoms with Crippen molar-refractivity contribution >= 4 is 57.7 Å². The van der Waals surface area contributed by atoms with Gasteiger partial charge < -0.3 is 0 Å². The van der Waals surface area contributed by atoms with Gasteiger partial charge in [-0.25, -0.2) is 4.98 Å². The Kier molecular flexibility index (Phi) is 6.08. The summed E-state index contributed by atoms with van der Waals surface area (Å²) in [6.07, 6.45) is 4.13. The van der Waals surface area contributed by atoms with Crippen LogP contribution < -0.4 is 5.56 Å². The summed E-state index contributed by atoms with van der Waals surface area (Å²) in [4.78, 5) is 34.0. The molecule has 0 saturated carbocycles. The maximum atomic E-state index is 13.3. The molecule has 1 aliphatic rings. The Balaban J connectivity index is 1.85. The lowest BCUT2D eigenvalue weighted by atomic mass is 10.2. The molecule has 3 aromatic rings. The highest BCUT2D eigenvalue weighted by Gasteiger charge is 2.35. The highest BCUT2D eigenvalue weighted by atomic mass is 32.2. The van der Waals surface area contributed by atoms with E-state index in [1.807, 2.05) is 50.2 Å². The van der Waals surface area contributed by atoms with Crippen LogP contribution in [-0.2, 0) is 4.79 Å². The molecule has 3 heterocycles. The van der Waals surface area contributed by atoms with Crippen molar-refractivity contribution in [3.63, 3.8) is 0 Å². The molecule has 1 aromatic carbocycles. The third-order valence-electron chi connectivity index (χ3n) is 4.82. The summed E-state index contributed by atoms with van der Waals surface area (Å²) in [7, 11) is 0. The molecule has 0 N–H and O–H groups in total. The SMILES string of the molecule is CCC(C)N1C(=O)C(=Cc2c(Sc3ccccc3)nc3ccccn3c2=O)SC1=S. The molecule has 1 saturated heterocycles. The van der Waals surface area contributed by atoms with E-state index >= 15 is 0 Å². The fraction of sp³-hybridized carbons (Fsp3) is 0.182. The van der Waals surface area contributed by atoms with Gasteiger partial charge in [0.1, 0.15) is 15.0 Å². The van der Waals surface area contributed by atoms with Gasteiger partial charge in [-0.05, 0) is 43.7 Å². The van der Waals surface area contributed by atoms with Gasteiger partial charge in [-0.15, -0.1) is 0 Å². The molecule has 4 rings (SSSR count). The van der Waals surface area contributed by atoms with Crippen LogP contribution in [0.15, 0.2) is 74.3 Å². The summed E-state index contributed by atoms with van der Waals surface area (Å²) in [6.45, 7) is 3.98. The number of hydrogen-bond acceptors (Lipinski definition) is 6. The van der Waals surface area contributed by atoms with E-state index in [2.05, 4.69) is 0 Å². The van der Waals surface area contributed by atoms with E-state index in [-0.39, 0.29) is 17.5 Å². The van der Waals surface area contributed by atoms with Gasteiger partial charge in [0.2, 0.25) is 0 Å². The van der Waals surface area contributed by atoms with Crippen LogP contribution >= 0.6 is 35.7 Å². The summed E-state index contributed by atoms with van der Waals surface area (Å²) in [5, 5.41) is 0.561. The number of carbonyl (C=O) groups excluding carboxylic acids is 1. The summed E-state index contributed by atoms with van der Waals surface area (Å²) >= 11 is 8.06. The third kappa shape index (κ3) is 3.95. The van der Waals surface area contributed by atoms with Crippen LogP contribution in [0.4, 0.5) is 0 Å². The molecule has 1 unspecified atom stereocenters. The van der Waals surface area contributed by atoms with Crippen LogP contribution in [0.2, 0.25) is 0 Å². The van der Waals surface area contributed by atoms with Crippen LogP contribution in [-0.4, -0.2) is 30.6 Å². The zero-order valence-corrected chi connectivity index (χ0v) is 18.9. The highest BCUT2D eigenvalue weighted by Crippen LogP contribution is 2.36. The summed E-state index contributed by atoms with van der Waals surface area (Å²) in [5.41, 5.74) is 0.732. The molecule has 5 nitrogen and oxygen atoms in total. The Bertz CT molecular complexity index is 1220. The van der Waals surface area contributed by atoms with E-state index in [1.54, 1.807) is 29.3 Å². The lowest BCUT2D eigenvalue weighted by molar-refractivity contribution is -0.123. The van der Waals surface area contributed by atoms with E-state index in [1.165, 1.54) is 27.9 Å².